The average molecular weight is 409 g/mol. The molecule has 2 rings (SSSR count). The van der Waals surface area contributed by atoms with Crippen LogP contribution in [0.4, 0.5) is 0 Å². The highest BCUT2D eigenvalue weighted by Gasteiger charge is 2.29. The van der Waals surface area contributed by atoms with E-state index < -0.39 is 10.0 Å². The molecule has 1 saturated heterocycles. The number of rotatable bonds is 7. The summed E-state index contributed by atoms with van der Waals surface area (Å²) in [6.45, 7) is 8.96. The first-order chi connectivity index (χ1) is 13.2. The van der Waals surface area contributed by atoms with Gasteiger partial charge in [0, 0.05) is 31.2 Å². The lowest BCUT2D eigenvalue weighted by molar-refractivity contribution is -0.129. The van der Waals surface area contributed by atoms with Crippen molar-refractivity contribution in [1.82, 2.24) is 9.21 Å². The number of hydrogen-bond donors (Lipinski definition) is 0. The van der Waals surface area contributed by atoms with E-state index >= 15 is 0 Å². The summed E-state index contributed by atoms with van der Waals surface area (Å²) in [5.41, 5.74) is 0.650. The van der Waals surface area contributed by atoms with Crippen LogP contribution in [0.15, 0.2) is 29.2 Å². The third kappa shape index (κ3) is 5.14. The van der Waals surface area contributed by atoms with Crippen LogP contribution in [0.5, 0.6) is 5.75 Å². The van der Waals surface area contributed by atoms with Crippen molar-refractivity contribution in [3.63, 3.8) is 0 Å². The summed E-state index contributed by atoms with van der Waals surface area (Å²) in [5.74, 6) is 0.223. The lowest BCUT2D eigenvalue weighted by atomic mass is 10.1. The van der Waals surface area contributed by atoms with Crippen LogP contribution >= 0.6 is 0 Å². The van der Waals surface area contributed by atoms with Crippen molar-refractivity contribution in [3.8, 4) is 5.75 Å². The number of piperidine rings is 1. The molecule has 0 atom stereocenters. The van der Waals surface area contributed by atoms with Gasteiger partial charge in [-0.25, -0.2) is 8.42 Å². The molecule has 1 aromatic rings. The van der Waals surface area contributed by atoms with Gasteiger partial charge >= 0.3 is 0 Å². The monoisotopic (exact) mass is 408 g/mol. The first-order valence-electron chi connectivity index (χ1n) is 9.87. The number of benzene rings is 1. The van der Waals surface area contributed by atoms with E-state index in [2.05, 4.69) is 0 Å². The normalized spacial score (nSPS) is 16.1. The quantitative estimate of drug-likeness (QED) is 0.648. The number of carbonyl (C=O) groups excluding carboxylic acids is 1. The van der Waals surface area contributed by atoms with Crippen LogP contribution in [0.1, 0.15) is 52.5 Å². The summed E-state index contributed by atoms with van der Waals surface area (Å²) in [7, 11) is -2.16. The SMILES string of the molecule is COc1ccc(C=CC(=O)N(C(C)C)C(C)C)cc1S(=O)(=O)N1CCCCC1. The molecule has 1 aromatic carbocycles. The highest BCUT2D eigenvalue weighted by Crippen LogP contribution is 2.30. The topological polar surface area (TPSA) is 66.9 Å². The van der Waals surface area contributed by atoms with Crippen LogP contribution < -0.4 is 4.74 Å². The van der Waals surface area contributed by atoms with Crippen molar-refractivity contribution in [3.05, 3.63) is 29.8 Å². The fourth-order valence-corrected chi connectivity index (χ4v) is 5.31. The van der Waals surface area contributed by atoms with Gasteiger partial charge in [-0.1, -0.05) is 12.5 Å². The molecular formula is C21H32N2O4S. The van der Waals surface area contributed by atoms with E-state index in [1.807, 2.05) is 27.7 Å². The molecule has 1 fully saturated rings. The standard InChI is InChI=1S/C21H32N2O4S/c1-16(2)23(17(3)4)21(24)12-10-18-9-11-19(27-5)20(15-18)28(25,26)22-13-7-6-8-14-22/h9-12,15-17H,6-8,13-14H2,1-5H3. The number of ether oxygens (including phenoxy) is 1. The second-order valence-corrected chi connectivity index (χ2v) is 9.55. The molecule has 0 unspecified atom stereocenters. The Labute approximate surface area is 169 Å². The zero-order valence-corrected chi connectivity index (χ0v) is 18.3. The van der Waals surface area contributed by atoms with Crippen LogP contribution in [-0.4, -0.2) is 55.8 Å². The molecule has 0 radical (unpaired) electrons. The molecule has 0 aliphatic carbocycles. The Bertz CT molecular complexity index is 802. The van der Waals surface area contributed by atoms with E-state index in [9.17, 15) is 13.2 Å². The van der Waals surface area contributed by atoms with E-state index in [4.69, 9.17) is 4.74 Å². The highest BCUT2D eigenvalue weighted by atomic mass is 32.2. The maximum atomic E-state index is 13.1. The van der Waals surface area contributed by atoms with Crippen LogP contribution in [0.25, 0.3) is 6.08 Å². The molecule has 156 valence electrons. The van der Waals surface area contributed by atoms with Crippen LogP contribution in [0, 0.1) is 0 Å². The first-order valence-corrected chi connectivity index (χ1v) is 11.3. The fraction of sp³-hybridized carbons (Fsp3) is 0.571. The van der Waals surface area contributed by atoms with Gasteiger partial charge in [-0.2, -0.15) is 4.31 Å². The lowest BCUT2D eigenvalue weighted by Crippen LogP contribution is -2.41. The van der Waals surface area contributed by atoms with Gasteiger partial charge in [0.2, 0.25) is 15.9 Å². The fourth-order valence-electron chi connectivity index (χ4n) is 3.60. The van der Waals surface area contributed by atoms with Gasteiger partial charge < -0.3 is 9.64 Å². The molecule has 1 amide bonds. The Morgan fingerprint density at radius 3 is 2.25 bits per heavy atom. The number of methoxy groups -OCH3 is 1. The van der Waals surface area contributed by atoms with Crippen molar-refractivity contribution in [2.75, 3.05) is 20.2 Å². The number of carbonyl (C=O) groups is 1. The lowest BCUT2D eigenvalue weighted by Gasteiger charge is -2.29. The van der Waals surface area contributed by atoms with Crippen molar-refractivity contribution in [2.45, 2.75) is 63.9 Å². The third-order valence-corrected chi connectivity index (χ3v) is 6.83. The molecule has 0 saturated carbocycles. The van der Waals surface area contributed by atoms with E-state index in [1.165, 1.54) is 17.5 Å². The molecule has 0 N–H and O–H groups in total. The third-order valence-electron chi connectivity index (χ3n) is 4.91. The molecule has 1 aliphatic heterocycles. The Morgan fingerprint density at radius 2 is 1.71 bits per heavy atom. The van der Waals surface area contributed by atoms with E-state index in [0.717, 1.165) is 19.3 Å². The first kappa shape index (κ1) is 22.4. The van der Waals surface area contributed by atoms with Crippen LogP contribution in [0.2, 0.25) is 0 Å². The number of amides is 1. The Kier molecular flexibility index (Phi) is 7.66. The summed E-state index contributed by atoms with van der Waals surface area (Å²) >= 11 is 0. The van der Waals surface area contributed by atoms with E-state index in [-0.39, 0.29) is 22.9 Å². The summed E-state index contributed by atoms with van der Waals surface area (Å²) in [6.07, 6.45) is 5.95. The maximum Gasteiger partial charge on any atom is 0.247 e. The average Bonchev–Trinajstić information content (AvgIpc) is 2.66. The molecule has 7 heteroatoms. The summed E-state index contributed by atoms with van der Waals surface area (Å²) in [6, 6.07) is 5.16. The Balaban J connectivity index is 2.33. The van der Waals surface area contributed by atoms with Gasteiger partial charge in [0.1, 0.15) is 10.6 Å². The van der Waals surface area contributed by atoms with Gasteiger partial charge in [-0.15, -0.1) is 0 Å². The van der Waals surface area contributed by atoms with Crippen molar-refractivity contribution in [1.29, 1.82) is 0 Å². The van der Waals surface area contributed by atoms with Crippen LogP contribution in [0.3, 0.4) is 0 Å². The molecule has 6 nitrogen and oxygen atoms in total. The Morgan fingerprint density at radius 1 is 1.11 bits per heavy atom. The molecule has 1 aliphatic rings. The molecule has 28 heavy (non-hydrogen) atoms. The summed E-state index contributed by atoms with van der Waals surface area (Å²) in [5, 5.41) is 0. The van der Waals surface area contributed by atoms with Gasteiger partial charge in [0.25, 0.3) is 0 Å². The smallest absolute Gasteiger partial charge is 0.247 e. The maximum absolute atomic E-state index is 13.1. The Hall–Kier alpha value is -1.86. The second kappa shape index (κ2) is 9.56. The number of hydrogen-bond acceptors (Lipinski definition) is 4. The molecule has 0 spiro atoms. The predicted octanol–water partition coefficient (Wildman–Crippen LogP) is 3.53. The summed E-state index contributed by atoms with van der Waals surface area (Å²) < 4.78 is 33.0. The predicted molar refractivity (Wildman–Crippen MR) is 112 cm³/mol. The molecule has 0 aromatic heterocycles. The minimum atomic E-state index is -3.63. The highest BCUT2D eigenvalue weighted by molar-refractivity contribution is 7.89. The van der Waals surface area contributed by atoms with Crippen LogP contribution in [-0.2, 0) is 14.8 Å². The zero-order valence-electron chi connectivity index (χ0n) is 17.5. The van der Waals surface area contributed by atoms with Gasteiger partial charge in [-0.3, -0.25) is 4.79 Å². The minimum absolute atomic E-state index is 0.0862. The number of sulfonamides is 1. The minimum Gasteiger partial charge on any atom is -0.495 e. The van der Waals surface area contributed by atoms with Gasteiger partial charge in [0.15, 0.2) is 0 Å². The number of nitrogens with zero attached hydrogens (tertiary/aromatic N) is 2. The van der Waals surface area contributed by atoms with Crippen molar-refractivity contribution >= 4 is 22.0 Å². The van der Waals surface area contributed by atoms with Gasteiger partial charge in [0.05, 0.1) is 7.11 Å². The largest absolute Gasteiger partial charge is 0.495 e. The zero-order chi connectivity index (χ0) is 20.9. The van der Waals surface area contributed by atoms with Crippen molar-refractivity contribution in [2.24, 2.45) is 0 Å². The van der Waals surface area contributed by atoms with Crippen molar-refractivity contribution < 1.29 is 17.9 Å². The summed E-state index contributed by atoms with van der Waals surface area (Å²) in [4.78, 5) is 14.5. The molecular weight excluding hydrogens is 376 g/mol. The second-order valence-electron chi connectivity index (χ2n) is 7.64. The van der Waals surface area contributed by atoms with E-state index in [0.29, 0.717) is 24.4 Å². The molecule has 0 bridgehead atoms. The molecule has 1 heterocycles. The van der Waals surface area contributed by atoms with E-state index in [1.54, 1.807) is 29.2 Å². The van der Waals surface area contributed by atoms with Gasteiger partial charge in [-0.05, 0) is 64.3 Å².